The molecule has 0 radical (unpaired) electrons. The molecule has 0 aliphatic carbocycles. The van der Waals surface area contributed by atoms with Crippen molar-refractivity contribution in [2.45, 2.75) is 19.9 Å². The first-order valence-corrected chi connectivity index (χ1v) is 6.38. The minimum absolute atomic E-state index is 0.0900. The number of methoxy groups -OCH3 is 1. The number of nitrogens with one attached hydrogen (secondary N) is 1. The monoisotopic (exact) mass is 239 g/mol. The topological polar surface area (TPSA) is 73.9 Å². The van der Waals surface area contributed by atoms with E-state index in [9.17, 15) is 9.36 Å². The van der Waals surface area contributed by atoms with Crippen LogP contribution in [0.5, 0.6) is 0 Å². The van der Waals surface area contributed by atoms with Gasteiger partial charge in [0.1, 0.15) is 12.4 Å². The maximum absolute atomic E-state index is 11.8. The summed E-state index contributed by atoms with van der Waals surface area (Å²) in [6.07, 6.45) is -0.0900. The van der Waals surface area contributed by atoms with E-state index < -0.39 is 19.5 Å². The molecule has 0 saturated heterocycles. The molecule has 0 aliphatic rings. The van der Waals surface area contributed by atoms with E-state index in [0.717, 1.165) is 0 Å². The van der Waals surface area contributed by atoms with Gasteiger partial charge in [0, 0.05) is 14.2 Å². The van der Waals surface area contributed by atoms with Crippen LogP contribution in [0.25, 0.3) is 0 Å². The Balaban J connectivity index is 4.29. The number of carbonyl (C=O) groups excluding carboxylic acids is 1. The van der Waals surface area contributed by atoms with E-state index >= 15 is 0 Å². The lowest BCUT2D eigenvalue weighted by Crippen LogP contribution is -2.34. The van der Waals surface area contributed by atoms with Gasteiger partial charge in [-0.1, -0.05) is 0 Å². The molecular weight excluding hydrogens is 221 g/mol. The minimum atomic E-state index is -3.11. The molecule has 2 atom stereocenters. The van der Waals surface area contributed by atoms with Gasteiger partial charge in [0.2, 0.25) is 0 Å². The molecular formula is C8H18NO5P. The van der Waals surface area contributed by atoms with Gasteiger partial charge in [-0.2, -0.15) is 0 Å². The van der Waals surface area contributed by atoms with Gasteiger partial charge >= 0.3 is 5.97 Å². The highest BCUT2D eigenvalue weighted by Crippen LogP contribution is 2.41. The second-order valence-corrected chi connectivity index (χ2v) is 5.10. The normalized spacial score (nSPS) is 16.8. The molecule has 0 aromatic heterocycles. The second-order valence-electron chi connectivity index (χ2n) is 2.88. The molecule has 7 heteroatoms. The molecule has 0 spiro atoms. The highest BCUT2D eigenvalue weighted by molar-refractivity contribution is 7.56. The predicted octanol–water partition coefficient (Wildman–Crippen LogP) is 0.971. The van der Waals surface area contributed by atoms with Gasteiger partial charge in [0.25, 0.3) is 7.52 Å². The van der Waals surface area contributed by atoms with Gasteiger partial charge in [-0.15, -0.1) is 0 Å². The van der Waals surface area contributed by atoms with Crippen molar-refractivity contribution in [2.24, 2.45) is 0 Å². The van der Waals surface area contributed by atoms with Crippen molar-refractivity contribution in [3.05, 3.63) is 0 Å². The third kappa shape index (κ3) is 5.28. The number of rotatable bonds is 7. The molecule has 0 bridgehead atoms. The Kier molecular flexibility index (Phi) is 6.76. The fraction of sp³-hybridized carbons (Fsp3) is 0.875. The molecule has 0 aliphatic heterocycles. The predicted molar refractivity (Wildman–Crippen MR) is 55.7 cm³/mol. The van der Waals surface area contributed by atoms with Gasteiger partial charge in [-0.3, -0.25) is 9.36 Å². The van der Waals surface area contributed by atoms with Crippen LogP contribution in [-0.4, -0.2) is 39.2 Å². The van der Waals surface area contributed by atoms with Crippen molar-refractivity contribution in [3.63, 3.8) is 0 Å². The number of carbonyl (C=O) groups is 1. The lowest BCUT2D eigenvalue weighted by atomic mass is 10.4. The van der Waals surface area contributed by atoms with Crippen LogP contribution in [0.1, 0.15) is 13.8 Å². The Labute approximate surface area is 89.8 Å². The molecule has 0 saturated carbocycles. The fourth-order valence-electron chi connectivity index (χ4n) is 0.928. The first-order chi connectivity index (χ1) is 6.99. The summed E-state index contributed by atoms with van der Waals surface area (Å²) in [4.78, 5) is 11.2. The van der Waals surface area contributed by atoms with E-state index in [1.807, 2.05) is 0 Å². The third-order valence-electron chi connectivity index (χ3n) is 1.62. The summed E-state index contributed by atoms with van der Waals surface area (Å²) in [5, 5.41) is 2.56. The second kappa shape index (κ2) is 6.95. The van der Waals surface area contributed by atoms with Crippen molar-refractivity contribution >= 4 is 13.5 Å². The van der Waals surface area contributed by atoms with E-state index in [1.54, 1.807) is 13.8 Å². The largest absolute Gasteiger partial charge is 0.465 e. The molecule has 6 nitrogen and oxygen atoms in total. The molecule has 0 rings (SSSR count). The van der Waals surface area contributed by atoms with Crippen molar-refractivity contribution < 1.29 is 23.4 Å². The molecule has 0 aromatic carbocycles. The van der Waals surface area contributed by atoms with Gasteiger partial charge in [-0.05, 0) is 13.8 Å². The summed E-state index contributed by atoms with van der Waals surface area (Å²) in [5.74, 6) is -0.467. The zero-order chi connectivity index (χ0) is 11.9. The maximum Gasteiger partial charge on any atom is 0.323 e. The summed E-state index contributed by atoms with van der Waals surface area (Å²) < 4.78 is 26.1. The van der Waals surface area contributed by atoms with Crippen LogP contribution in [-0.2, 0) is 23.4 Å². The van der Waals surface area contributed by atoms with Crippen molar-refractivity contribution in [2.75, 3.05) is 27.2 Å². The van der Waals surface area contributed by atoms with Gasteiger partial charge < -0.3 is 14.0 Å². The molecule has 0 fully saturated rings. The highest BCUT2D eigenvalue weighted by atomic mass is 31.2. The Hall–Kier alpha value is -0.420. The molecule has 2 unspecified atom stereocenters. The standard InChI is InChI=1S/C8H18NO5P/c1-5-14-8(10)7(2)9-15(11,13-4)6-12-3/h7H,5-6H2,1-4H3,(H,9,11). The minimum Gasteiger partial charge on any atom is -0.465 e. The Morgan fingerprint density at radius 1 is 1.47 bits per heavy atom. The Morgan fingerprint density at radius 3 is 2.47 bits per heavy atom. The Bertz CT molecular complexity index is 245. The SMILES string of the molecule is CCOC(=O)C(C)NP(=O)(COC)OC. The maximum atomic E-state index is 11.8. The molecule has 1 N–H and O–H groups in total. The number of esters is 1. The zero-order valence-corrected chi connectivity index (χ0v) is 10.4. The van der Waals surface area contributed by atoms with E-state index in [1.165, 1.54) is 14.2 Å². The lowest BCUT2D eigenvalue weighted by Gasteiger charge is -2.20. The third-order valence-corrected chi connectivity index (χ3v) is 3.59. The summed E-state index contributed by atoms with van der Waals surface area (Å²) >= 11 is 0. The van der Waals surface area contributed by atoms with Gasteiger partial charge in [0.05, 0.1) is 6.61 Å². The summed E-state index contributed by atoms with van der Waals surface area (Å²) in [6, 6.07) is -0.689. The first kappa shape index (κ1) is 14.6. The smallest absolute Gasteiger partial charge is 0.323 e. The van der Waals surface area contributed by atoms with E-state index in [2.05, 4.69) is 5.09 Å². The molecule has 0 aromatic rings. The summed E-state index contributed by atoms with van der Waals surface area (Å²) in [7, 11) is -0.406. The lowest BCUT2D eigenvalue weighted by molar-refractivity contribution is -0.144. The fourth-order valence-corrected chi connectivity index (χ4v) is 2.25. The van der Waals surface area contributed by atoms with Crippen LogP contribution in [0.15, 0.2) is 0 Å². The van der Waals surface area contributed by atoms with Crippen LogP contribution < -0.4 is 5.09 Å². The number of hydrogen-bond donors (Lipinski definition) is 1. The van der Waals surface area contributed by atoms with Crippen LogP contribution >= 0.6 is 7.52 Å². The van der Waals surface area contributed by atoms with Crippen LogP contribution in [0.2, 0.25) is 0 Å². The van der Waals surface area contributed by atoms with Gasteiger partial charge in [0.15, 0.2) is 0 Å². The van der Waals surface area contributed by atoms with Crippen LogP contribution in [0.4, 0.5) is 0 Å². The average molecular weight is 239 g/mol. The van der Waals surface area contributed by atoms with E-state index in [0.29, 0.717) is 0 Å². The highest BCUT2D eigenvalue weighted by Gasteiger charge is 2.27. The number of ether oxygens (including phenoxy) is 2. The summed E-state index contributed by atoms with van der Waals surface area (Å²) in [5.41, 5.74) is 0. The molecule has 15 heavy (non-hydrogen) atoms. The molecule has 0 heterocycles. The van der Waals surface area contributed by atoms with E-state index in [-0.39, 0.29) is 13.0 Å². The van der Waals surface area contributed by atoms with Crippen LogP contribution in [0.3, 0.4) is 0 Å². The quantitative estimate of drug-likeness (QED) is 0.527. The van der Waals surface area contributed by atoms with Crippen molar-refractivity contribution in [1.29, 1.82) is 0 Å². The van der Waals surface area contributed by atoms with E-state index in [4.69, 9.17) is 14.0 Å². The summed E-state index contributed by atoms with van der Waals surface area (Å²) in [6.45, 7) is 3.54. The van der Waals surface area contributed by atoms with Crippen molar-refractivity contribution in [3.8, 4) is 0 Å². The van der Waals surface area contributed by atoms with Crippen molar-refractivity contribution in [1.82, 2.24) is 5.09 Å². The molecule has 0 amide bonds. The number of hydrogen-bond acceptors (Lipinski definition) is 5. The average Bonchev–Trinajstić information content (AvgIpc) is 2.18. The van der Waals surface area contributed by atoms with Crippen LogP contribution in [0, 0.1) is 0 Å². The van der Waals surface area contributed by atoms with Gasteiger partial charge in [-0.25, -0.2) is 5.09 Å². The first-order valence-electron chi connectivity index (χ1n) is 4.57. The zero-order valence-electron chi connectivity index (χ0n) is 9.48. The Morgan fingerprint density at radius 2 is 2.07 bits per heavy atom. The molecule has 90 valence electrons.